The Bertz CT molecular complexity index is 449. The Morgan fingerprint density at radius 3 is 2.90 bits per heavy atom. The van der Waals surface area contributed by atoms with Crippen LogP contribution in [-0.2, 0) is 4.79 Å². The molecule has 1 fully saturated rings. The van der Waals surface area contributed by atoms with Crippen LogP contribution in [0.15, 0.2) is 24.3 Å². The number of hydrogen-bond acceptors (Lipinski definition) is 3. The van der Waals surface area contributed by atoms with Gasteiger partial charge in [0.1, 0.15) is 6.61 Å². The number of ether oxygens (including phenoxy) is 1. The van der Waals surface area contributed by atoms with E-state index in [4.69, 9.17) is 4.74 Å². The molecule has 1 aromatic carbocycles. The Hall–Kier alpha value is -1.62. The fraction of sp³-hybridized carbons (Fsp3) is 0.533. The van der Waals surface area contributed by atoms with E-state index in [1.165, 1.54) is 18.9 Å². The largest absolute Gasteiger partial charge is 0.489 e. The highest BCUT2D eigenvalue weighted by molar-refractivity contribution is 5.77. The average molecular weight is 280 g/mol. The van der Waals surface area contributed by atoms with E-state index in [0.29, 0.717) is 25.6 Å². The Kier molecular flexibility index (Phi) is 5.35. The van der Waals surface area contributed by atoms with Crippen molar-refractivity contribution in [3.8, 4) is 5.75 Å². The first kappa shape index (κ1) is 14.8. The van der Waals surface area contributed by atoms with Crippen molar-refractivity contribution in [1.82, 2.24) is 10.2 Å². The molecule has 0 heterocycles. The lowest BCUT2D eigenvalue weighted by Gasteiger charge is -2.16. The lowest BCUT2D eigenvalue weighted by atomic mass is 10.3. The van der Waals surface area contributed by atoms with Crippen LogP contribution in [0.4, 0.5) is 4.39 Å². The van der Waals surface area contributed by atoms with E-state index >= 15 is 0 Å². The molecule has 4 nitrogen and oxygen atoms in total. The molecule has 2 rings (SSSR count). The van der Waals surface area contributed by atoms with Crippen LogP contribution in [0.3, 0.4) is 0 Å². The SMILES string of the molecule is CN(CCOc1ccccc1F)CC(=O)NCC1CC1. The summed E-state index contributed by atoms with van der Waals surface area (Å²) in [5.41, 5.74) is 0. The number of rotatable bonds is 8. The van der Waals surface area contributed by atoms with Crippen molar-refractivity contribution in [3.63, 3.8) is 0 Å². The molecule has 0 aliphatic heterocycles. The molecule has 0 saturated heterocycles. The maximum atomic E-state index is 13.3. The fourth-order valence-corrected chi connectivity index (χ4v) is 1.83. The molecule has 1 aromatic rings. The van der Waals surface area contributed by atoms with Gasteiger partial charge in [0.25, 0.3) is 0 Å². The van der Waals surface area contributed by atoms with Crippen molar-refractivity contribution in [2.75, 3.05) is 33.3 Å². The summed E-state index contributed by atoms with van der Waals surface area (Å²) in [6, 6.07) is 6.31. The third-order valence-corrected chi connectivity index (χ3v) is 3.27. The third-order valence-electron chi connectivity index (χ3n) is 3.27. The molecule has 1 aliphatic rings. The number of hydrogen-bond donors (Lipinski definition) is 1. The minimum atomic E-state index is -0.364. The first-order valence-electron chi connectivity index (χ1n) is 6.97. The van der Waals surface area contributed by atoms with Crippen molar-refractivity contribution in [2.45, 2.75) is 12.8 Å². The monoisotopic (exact) mass is 280 g/mol. The molecular weight excluding hydrogens is 259 g/mol. The third kappa shape index (κ3) is 5.17. The molecule has 1 N–H and O–H groups in total. The highest BCUT2D eigenvalue weighted by Crippen LogP contribution is 2.27. The minimum absolute atomic E-state index is 0.0327. The van der Waals surface area contributed by atoms with Crippen LogP contribution in [0.5, 0.6) is 5.75 Å². The van der Waals surface area contributed by atoms with Crippen LogP contribution in [-0.4, -0.2) is 44.1 Å². The molecular formula is C15H21FN2O2. The normalized spacial score (nSPS) is 14.3. The van der Waals surface area contributed by atoms with Crippen LogP contribution in [0.2, 0.25) is 0 Å². The van der Waals surface area contributed by atoms with Gasteiger partial charge in [-0.1, -0.05) is 12.1 Å². The second kappa shape index (κ2) is 7.24. The standard InChI is InChI=1S/C15H21FN2O2/c1-18(11-15(19)17-10-12-6-7-12)8-9-20-14-5-3-2-4-13(14)16/h2-5,12H,6-11H2,1H3,(H,17,19). The van der Waals surface area contributed by atoms with Gasteiger partial charge in [-0.25, -0.2) is 4.39 Å². The Balaban J connectivity index is 1.60. The molecule has 0 radical (unpaired) electrons. The van der Waals surface area contributed by atoms with Crippen molar-refractivity contribution in [2.24, 2.45) is 5.92 Å². The van der Waals surface area contributed by atoms with E-state index in [1.54, 1.807) is 18.2 Å². The Labute approximate surface area is 118 Å². The van der Waals surface area contributed by atoms with Gasteiger partial charge in [0, 0.05) is 13.1 Å². The molecule has 5 heteroatoms. The van der Waals surface area contributed by atoms with Gasteiger partial charge in [0.15, 0.2) is 11.6 Å². The lowest BCUT2D eigenvalue weighted by Crippen LogP contribution is -2.37. The van der Waals surface area contributed by atoms with Crippen LogP contribution in [0, 0.1) is 11.7 Å². The van der Waals surface area contributed by atoms with E-state index in [2.05, 4.69) is 5.32 Å². The second-order valence-electron chi connectivity index (χ2n) is 5.26. The molecule has 1 saturated carbocycles. The maximum absolute atomic E-state index is 13.3. The van der Waals surface area contributed by atoms with Crippen LogP contribution in [0.25, 0.3) is 0 Å². The number of carbonyl (C=O) groups excluding carboxylic acids is 1. The van der Waals surface area contributed by atoms with Crippen molar-refractivity contribution < 1.29 is 13.9 Å². The molecule has 1 amide bonds. The first-order valence-corrected chi connectivity index (χ1v) is 6.97. The van der Waals surface area contributed by atoms with Crippen molar-refractivity contribution in [1.29, 1.82) is 0 Å². The highest BCUT2D eigenvalue weighted by atomic mass is 19.1. The molecule has 0 atom stereocenters. The number of benzene rings is 1. The predicted octanol–water partition coefficient (Wildman–Crippen LogP) is 1.66. The summed E-state index contributed by atoms with van der Waals surface area (Å²) < 4.78 is 18.7. The van der Waals surface area contributed by atoms with Crippen molar-refractivity contribution >= 4 is 5.91 Å². The molecule has 20 heavy (non-hydrogen) atoms. The quantitative estimate of drug-likeness (QED) is 0.787. The van der Waals surface area contributed by atoms with Gasteiger partial charge in [-0.2, -0.15) is 0 Å². The zero-order chi connectivity index (χ0) is 14.4. The lowest BCUT2D eigenvalue weighted by molar-refractivity contribution is -0.122. The van der Waals surface area contributed by atoms with E-state index in [-0.39, 0.29) is 17.5 Å². The maximum Gasteiger partial charge on any atom is 0.234 e. The van der Waals surface area contributed by atoms with E-state index in [1.807, 2.05) is 11.9 Å². The summed E-state index contributed by atoms with van der Waals surface area (Å²) >= 11 is 0. The summed E-state index contributed by atoms with van der Waals surface area (Å²) in [5.74, 6) is 0.607. The van der Waals surface area contributed by atoms with Gasteiger partial charge < -0.3 is 10.1 Å². The van der Waals surface area contributed by atoms with Gasteiger partial charge in [-0.3, -0.25) is 9.69 Å². The highest BCUT2D eigenvalue weighted by Gasteiger charge is 2.21. The zero-order valence-electron chi connectivity index (χ0n) is 11.8. The van der Waals surface area contributed by atoms with Gasteiger partial charge in [-0.05, 0) is 37.9 Å². The molecule has 0 unspecified atom stereocenters. The van der Waals surface area contributed by atoms with Crippen LogP contribution < -0.4 is 10.1 Å². The predicted molar refractivity (Wildman–Crippen MR) is 75.1 cm³/mol. The number of para-hydroxylation sites is 1. The fourth-order valence-electron chi connectivity index (χ4n) is 1.83. The molecule has 0 spiro atoms. The second-order valence-corrected chi connectivity index (χ2v) is 5.26. The van der Waals surface area contributed by atoms with Crippen LogP contribution in [0.1, 0.15) is 12.8 Å². The van der Waals surface area contributed by atoms with E-state index in [9.17, 15) is 9.18 Å². The van der Waals surface area contributed by atoms with Gasteiger partial charge in [0.2, 0.25) is 5.91 Å². The topological polar surface area (TPSA) is 41.6 Å². The Morgan fingerprint density at radius 1 is 1.45 bits per heavy atom. The molecule has 0 aromatic heterocycles. The van der Waals surface area contributed by atoms with Crippen LogP contribution >= 0.6 is 0 Å². The summed E-state index contributed by atoms with van der Waals surface area (Å²) in [4.78, 5) is 13.5. The van der Waals surface area contributed by atoms with Crippen molar-refractivity contribution in [3.05, 3.63) is 30.1 Å². The van der Waals surface area contributed by atoms with Gasteiger partial charge >= 0.3 is 0 Å². The average Bonchev–Trinajstić information content (AvgIpc) is 3.23. The number of likely N-dealkylation sites (N-methyl/N-ethyl adjacent to an activating group) is 1. The van der Waals surface area contributed by atoms with E-state index in [0.717, 1.165) is 6.54 Å². The van der Waals surface area contributed by atoms with Gasteiger partial charge in [-0.15, -0.1) is 0 Å². The summed E-state index contributed by atoms with van der Waals surface area (Å²) in [5, 5.41) is 2.91. The smallest absolute Gasteiger partial charge is 0.234 e. The summed E-state index contributed by atoms with van der Waals surface area (Å²) in [6.07, 6.45) is 2.46. The number of nitrogens with one attached hydrogen (secondary N) is 1. The molecule has 1 aliphatic carbocycles. The molecule has 0 bridgehead atoms. The Morgan fingerprint density at radius 2 is 2.20 bits per heavy atom. The number of nitrogens with zero attached hydrogens (tertiary/aromatic N) is 1. The van der Waals surface area contributed by atoms with E-state index < -0.39 is 0 Å². The number of carbonyl (C=O) groups is 1. The number of amides is 1. The molecule has 110 valence electrons. The minimum Gasteiger partial charge on any atom is -0.489 e. The van der Waals surface area contributed by atoms with Gasteiger partial charge in [0.05, 0.1) is 6.54 Å². The summed E-state index contributed by atoms with van der Waals surface area (Å²) in [7, 11) is 1.85. The number of halogens is 1. The first-order chi connectivity index (χ1) is 9.65. The summed E-state index contributed by atoms with van der Waals surface area (Å²) in [6.45, 7) is 2.06. The zero-order valence-corrected chi connectivity index (χ0v) is 11.8.